The predicted molar refractivity (Wildman–Crippen MR) is 86.8 cm³/mol. The van der Waals surface area contributed by atoms with Gasteiger partial charge in [0.2, 0.25) is 5.91 Å². The molecule has 2 aromatic carbocycles. The van der Waals surface area contributed by atoms with Crippen LogP contribution in [-0.2, 0) is 24.2 Å². The van der Waals surface area contributed by atoms with Crippen LogP contribution in [0.2, 0.25) is 0 Å². The summed E-state index contributed by atoms with van der Waals surface area (Å²) in [7, 11) is 0. The first kappa shape index (κ1) is 14.6. The number of carbonyl (C=O) groups excluding carboxylic acids is 1. The summed E-state index contributed by atoms with van der Waals surface area (Å²) < 4.78 is 5.68. The Balaban J connectivity index is 1.56. The molecule has 0 unspecified atom stereocenters. The van der Waals surface area contributed by atoms with E-state index in [0.29, 0.717) is 13.2 Å². The van der Waals surface area contributed by atoms with E-state index in [4.69, 9.17) is 4.74 Å². The summed E-state index contributed by atoms with van der Waals surface area (Å²) >= 11 is 0. The van der Waals surface area contributed by atoms with Crippen LogP contribution in [-0.4, -0.2) is 12.5 Å². The molecule has 22 heavy (non-hydrogen) atoms. The molecule has 3 nitrogen and oxygen atoms in total. The molecule has 1 N–H and O–H groups in total. The summed E-state index contributed by atoms with van der Waals surface area (Å²) in [4.78, 5) is 12.3. The SMILES string of the molecule is CCc1ccc(CNC(=O)[C@H]2COc3ccccc3C2)cc1. The average Bonchev–Trinajstić information content (AvgIpc) is 2.59. The third-order valence-corrected chi connectivity index (χ3v) is 4.15. The van der Waals surface area contributed by atoms with E-state index in [1.807, 2.05) is 24.3 Å². The van der Waals surface area contributed by atoms with Gasteiger partial charge in [0, 0.05) is 6.54 Å². The molecule has 0 saturated carbocycles. The molecule has 0 aromatic heterocycles. The van der Waals surface area contributed by atoms with Gasteiger partial charge in [-0.05, 0) is 35.6 Å². The van der Waals surface area contributed by atoms with Crippen LogP contribution < -0.4 is 10.1 Å². The van der Waals surface area contributed by atoms with Gasteiger partial charge in [0.25, 0.3) is 0 Å². The number of fused-ring (bicyclic) bond motifs is 1. The zero-order valence-corrected chi connectivity index (χ0v) is 12.8. The first-order valence-electron chi connectivity index (χ1n) is 7.82. The van der Waals surface area contributed by atoms with Gasteiger partial charge in [-0.25, -0.2) is 0 Å². The van der Waals surface area contributed by atoms with Crippen LogP contribution in [0, 0.1) is 5.92 Å². The molecule has 114 valence electrons. The van der Waals surface area contributed by atoms with Gasteiger partial charge in [0.15, 0.2) is 0 Å². The molecule has 1 heterocycles. The molecule has 1 aliphatic heterocycles. The van der Waals surface area contributed by atoms with Crippen molar-refractivity contribution in [3.63, 3.8) is 0 Å². The lowest BCUT2D eigenvalue weighted by atomic mass is 9.96. The molecule has 1 amide bonds. The van der Waals surface area contributed by atoms with Crippen molar-refractivity contribution in [2.45, 2.75) is 26.3 Å². The van der Waals surface area contributed by atoms with Crippen LogP contribution in [0.3, 0.4) is 0 Å². The van der Waals surface area contributed by atoms with Gasteiger partial charge in [-0.3, -0.25) is 4.79 Å². The van der Waals surface area contributed by atoms with E-state index >= 15 is 0 Å². The summed E-state index contributed by atoms with van der Waals surface area (Å²) in [5.74, 6) is 0.862. The molecule has 0 radical (unpaired) electrons. The van der Waals surface area contributed by atoms with Crippen LogP contribution in [0.1, 0.15) is 23.6 Å². The highest BCUT2D eigenvalue weighted by atomic mass is 16.5. The third-order valence-electron chi connectivity index (χ3n) is 4.15. The van der Waals surface area contributed by atoms with Gasteiger partial charge in [-0.1, -0.05) is 49.4 Å². The van der Waals surface area contributed by atoms with Gasteiger partial charge >= 0.3 is 0 Å². The Hall–Kier alpha value is -2.29. The van der Waals surface area contributed by atoms with E-state index in [1.165, 1.54) is 5.56 Å². The Bertz CT molecular complexity index is 649. The van der Waals surface area contributed by atoms with Crippen molar-refractivity contribution in [2.75, 3.05) is 6.61 Å². The van der Waals surface area contributed by atoms with Crippen LogP contribution in [0.5, 0.6) is 5.75 Å². The maximum atomic E-state index is 12.3. The zero-order valence-electron chi connectivity index (χ0n) is 12.8. The Morgan fingerprint density at radius 3 is 2.64 bits per heavy atom. The fraction of sp³-hybridized carbons (Fsp3) is 0.316. The predicted octanol–water partition coefficient (Wildman–Crippen LogP) is 3.12. The van der Waals surface area contributed by atoms with Gasteiger partial charge in [-0.2, -0.15) is 0 Å². The van der Waals surface area contributed by atoms with E-state index < -0.39 is 0 Å². The molecule has 0 spiro atoms. The first-order valence-corrected chi connectivity index (χ1v) is 7.82. The van der Waals surface area contributed by atoms with Crippen molar-refractivity contribution >= 4 is 5.91 Å². The zero-order chi connectivity index (χ0) is 15.4. The fourth-order valence-corrected chi connectivity index (χ4v) is 2.72. The molecule has 0 bridgehead atoms. The third kappa shape index (κ3) is 3.30. The van der Waals surface area contributed by atoms with Crippen molar-refractivity contribution in [1.82, 2.24) is 5.32 Å². The molecule has 1 aliphatic rings. The van der Waals surface area contributed by atoms with E-state index in [9.17, 15) is 4.79 Å². The molecule has 3 rings (SSSR count). The highest BCUT2D eigenvalue weighted by Gasteiger charge is 2.25. The average molecular weight is 295 g/mol. The van der Waals surface area contributed by atoms with Gasteiger partial charge in [0.05, 0.1) is 5.92 Å². The highest BCUT2D eigenvalue weighted by molar-refractivity contribution is 5.79. The minimum absolute atomic E-state index is 0.0640. The monoisotopic (exact) mass is 295 g/mol. The second-order valence-electron chi connectivity index (χ2n) is 5.71. The van der Waals surface area contributed by atoms with E-state index in [1.54, 1.807) is 0 Å². The van der Waals surface area contributed by atoms with Gasteiger partial charge in [-0.15, -0.1) is 0 Å². The summed E-state index contributed by atoms with van der Waals surface area (Å²) in [5, 5.41) is 3.02. The topological polar surface area (TPSA) is 38.3 Å². The van der Waals surface area contributed by atoms with Crippen molar-refractivity contribution in [1.29, 1.82) is 0 Å². The first-order chi connectivity index (χ1) is 10.8. The number of aryl methyl sites for hydroxylation is 1. The normalized spacial score (nSPS) is 16.5. The Kier molecular flexibility index (Phi) is 4.42. The number of rotatable bonds is 4. The molecule has 2 aromatic rings. The second-order valence-corrected chi connectivity index (χ2v) is 5.71. The van der Waals surface area contributed by atoms with E-state index in [0.717, 1.165) is 29.7 Å². The number of benzene rings is 2. The smallest absolute Gasteiger partial charge is 0.227 e. The number of amides is 1. The molecular weight excluding hydrogens is 274 g/mol. The fourth-order valence-electron chi connectivity index (χ4n) is 2.72. The number of hydrogen-bond donors (Lipinski definition) is 1. The summed E-state index contributed by atoms with van der Waals surface area (Å²) in [6, 6.07) is 16.3. The number of carbonyl (C=O) groups is 1. The largest absolute Gasteiger partial charge is 0.492 e. The lowest BCUT2D eigenvalue weighted by Crippen LogP contribution is -2.37. The molecule has 0 saturated heterocycles. The lowest BCUT2D eigenvalue weighted by Gasteiger charge is -2.24. The van der Waals surface area contributed by atoms with Crippen molar-refractivity contribution in [3.05, 3.63) is 65.2 Å². The quantitative estimate of drug-likeness (QED) is 0.941. The van der Waals surface area contributed by atoms with E-state index in [2.05, 4.69) is 36.5 Å². The molecule has 1 atom stereocenters. The number of nitrogens with one attached hydrogen (secondary N) is 1. The molecule has 3 heteroatoms. The maximum Gasteiger partial charge on any atom is 0.227 e. The Labute approximate surface area is 131 Å². The van der Waals surface area contributed by atoms with Gasteiger partial charge in [0.1, 0.15) is 12.4 Å². The van der Waals surface area contributed by atoms with Crippen LogP contribution in [0.15, 0.2) is 48.5 Å². The van der Waals surface area contributed by atoms with Crippen LogP contribution in [0.25, 0.3) is 0 Å². The molecule has 0 fully saturated rings. The van der Waals surface area contributed by atoms with E-state index in [-0.39, 0.29) is 11.8 Å². The minimum atomic E-state index is -0.107. The maximum absolute atomic E-state index is 12.3. The summed E-state index contributed by atoms with van der Waals surface area (Å²) in [6.07, 6.45) is 1.78. The summed E-state index contributed by atoms with van der Waals surface area (Å²) in [6.45, 7) is 3.16. The van der Waals surface area contributed by atoms with Crippen molar-refractivity contribution < 1.29 is 9.53 Å². The van der Waals surface area contributed by atoms with Crippen LogP contribution in [0.4, 0.5) is 0 Å². The number of para-hydroxylation sites is 1. The Morgan fingerprint density at radius 1 is 1.14 bits per heavy atom. The number of hydrogen-bond acceptors (Lipinski definition) is 2. The van der Waals surface area contributed by atoms with Crippen molar-refractivity contribution in [2.24, 2.45) is 5.92 Å². The molecular formula is C19H21NO2. The number of ether oxygens (including phenoxy) is 1. The Morgan fingerprint density at radius 2 is 1.86 bits per heavy atom. The lowest BCUT2D eigenvalue weighted by molar-refractivity contribution is -0.126. The minimum Gasteiger partial charge on any atom is -0.492 e. The van der Waals surface area contributed by atoms with Gasteiger partial charge < -0.3 is 10.1 Å². The highest BCUT2D eigenvalue weighted by Crippen LogP contribution is 2.26. The standard InChI is InChI=1S/C19H21NO2/c1-2-14-7-9-15(10-8-14)12-20-19(21)17-11-16-5-3-4-6-18(16)22-13-17/h3-10,17H,2,11-13H2,1H3,(H,20,21)/t17-/m1/s1. The van der Waals surface area contributed by atoms with Crippen molar-refractivity contribution in [3.8, 4) is 5.75 Å². The second kappa shape index (κ2) is 6.65. The van der Waals surface area contributed by atoms with Crippen LogP contribution >= 0.6 is 0 Å². The molecule has 0 aliphatic carbocycles. The summed E-state index contributed by atoms with van der Waals surface area (Å²) in [5.41, 5.74) is 3.55.